The van der Waals surface area contributed by atoms with Crippen molar-refractivity contribution in [2.24, 2.45) is 0 Å². The smallest absolute Gasteiger partial charge is 0.0971 e. The lowest BCUT2D eigenvalue weighted by Crippen LogP contribution is -2.00. The van der Waals surface area contributed by atoms with E-state index in [1.54, 1.807) is 6.20 Å². The van der Waals surface area contributed by atoms with Crippen LogP contribution in [0.2, 0.25) is 0 Å². The molecule has 1 aliphatic rings. The molecular weight excluding hydrogens is 516 g/mol. The fourth-order valence-corrected chi connectivity index (χ4v) is 7.89. The van der Waals surface area contributed by atoms with Crippen LogP contribution in [0.4, 0.5) is 0 Å². The van der Waals surface area contributed by atoms with Gasteiger partial charge in [0.15, 0.2) is 0 Å². The van der Waals surface area contributed by atoms with Gasteiger partial charge in [-0.1, -0.05) is 109 Å². The van der Waals surface area contributed by atoms with Crippen molar-refractivity contribution in [3.05, 3.63) is 134 Å². The first-order valence-electron chi connectivity index (χ1n) is 13.8. The van der Waals surface area contributed by atoms with Crippen LogP contribution >= 0.6 is 11.3 Å². The van der Waals surface area contributed by atoms with Crippen LogP contribution in [0, 0.1) is 0 Å². The molecule has 2 aromatic heterocycles. The summed E-state index contributed by atoms with van der Waals surface area (Å²) in [5.74, 6) is 0. The van der Waals surface area contributed by atoms with Crippen LogP contribution < -0.4 is 0 Å². The normalized spacial score (nSPS) is 11.9. The van der Waals surface area contributed by atoms with Crippen LogP contribution in [-0.4, -0.2) is 9.97 Å². The Morgan fingerprint density at radius 3 is 1.85 bits per heavy atom. The zero-order valence-electron chi connectivity index (χ0n) is 22.0. The number of rotatable bonds is 1. The van der Waals surface area contributed by atoms with E-state index in [1.165, 1.54) is 70.2 Å². The number of nitrogens with zero attached hydrogens (tertiary/aromatic N) is 2. The highest BCUT2D eigenvalue weighted by molar-refractivity contribution is 7.26. The van der Waals surface area contributed by atoms with Crippen LogP contribution in [0.15, 0.2) is 134 Å². The standard InChI is InChI=1S/C38H22N2S/c1-2-11-25-23(9-1)24-10-3-4-13-27(24)35-28(31-16-8-15-30-26-12-5-6-18-34(26)41-38(30)31)14-7-17-32(35)36-29(25)19-20-33-37(36)40-22-21-39-33/h1-22H. The summed E-state index contributed by atoms with van der Waals surface area (Å²) < 4.78 is 2.63. The molecule has 0 unspecified atom stereocenters. The van der Waals surface area contributed by atoms with Crippen LogP contribution in [0.25, 0.3) is 86.8 Å². The molecule has 0 aliphatic heterocycles. The summed E-state index contributed by atoms with van der Waals surface area (Å²) in [5.41, 5.74) is 14.0. The SMILES string of the molecule is c1ccc2c(c1)-c1ccccc1-c1c(cccc1-c1cccc3c1sc1ccccc13)-c1c-2ccc2nccnc12. The summed E-state index contributed by atoms with van der Waals surface area (Å²) in [4.78, 5) is 9.62. The maximum absolute atomic E-state index is 4.92. The lowest BCUT2D eigenvalue weighted by molar-refractivity contribution is 1.29. The first kappa shape index (κ1) is 22.7. The van der Waals surface area contributed by atoms with Gasteiger partial charge in [-0.3, -0.25) is 9.97 Å². The fraction of sp³-hybridized carbons (Fsp3) is 0. The Hall–Kier alpha value is -5.12. The van der Waals surface area contributed by atoms with Crippen LogP contribution in [0.1, 0.15) is 0 Å². The Labute approximate surface area is 241 Å². The average molecular weight is 539 g/mol. The second-order valence-electron chi connectivity index (χ2n) is 10.5. The van der Waals surface area contributed by atoms with E-state index < -0.39 is 0 Å². The van der Waals surface area contributed by atoms with E-state index in [1.807, 2.05) is 17.5 Å². The summed E-state index contributed by atoms with van der Waals surface area (Å²) >= 11 is 1.88. The van der Waals surface area contributed by atoms with Crippen LogP contribution in [0.5, 0.6) is 0 Å². The number of aromatic nitrogens is 2. The van der Waals surface area contributed by atoms with Crippen molar-refractivity contribution >= 4 is 42.5 Å². The third-order valence-corrected chi connectivity index (χ3v) is 9.59. The highest BCUT2D eigenvalue weighted by Crippen LogP contribution is 2.53. The van der Waals surface area contributed by atoms with Crippen molar-refractivity contribution < 1.29 is 0 Å². The second kappa shape index (κ2) is 8.69. The topological polar surface area (TPSA) is 25.8 Å². The number of hydrogen-bond donors (Lipinski definition) is 0. The second-order valence-corrected chi connectivity index (χ2v) is 11.6. The Balaban J connectivity index is 1.49. The van der Waals surface area contributed by atoms with E-state index in [-0.39, 0.29) is 0 Å². The molecule has 0 saturated heterocycles. The molecule has 0 saturated carbocycles. The van der Waals surface area contributed by atoms with Gasteiger partial charge in [-0.05, 0) is 56.6 Å². The van der Waals surface area contributed by atoms with Gasteiger partial charge < -0.3 is 0 Å². The van der Waals surface area contributed by atoms with E-state index in [2.05, 4.69) is 121 Å². The minimum absolute atomic E-state index is 0.903. The number of fused-ring (bicyclic) bond motifs is 13. The molecule has 2 nitrogen and oxygen atoms in total. The fourth-order valence-electron chi connectivity index (χ4n) is 6.66. The maximum Gasteiger partial charge on any atom is 0.0971 e. The maximum atomic E-state index is 4.92. The molecule has 0 radical (unpaired) electrons. The average Bonchev–Trinajstić information content (AvgIpc) is 3.42. The molecule has 0 bridgehead atoms. The minimum atomic E-state index is 0.903. The van der Waals surface area contributed by atoms with Gasteiger partial charge in [-0.25, -0.2) is 0 Å². The van der Waals surface area contributed by atoms with Gasteiger partial charge in [-0.15, -0.1) is 11.3 Å². The van der Waals surface area contributed by atoms with E-state index in [4.69, 9.17) is 9.97 Å². The molecule has 0 fully saturated rings. The van der Waals surface area contributed by atoms with Gasteiger partial charge in [0.2, 0.25) is 0 Å². The van der Waals surface area contributed by atoms with Gasteiger partial charge in [-0.2, -0.15) is 0 Å². The van der Waals surface area contributed by atoms with E-state index in [9.17, 15) is 0 Å². The van der Waals surface area contributed by atoms with Crippen LogP contribution in [0.3, 0.4) is 0 Å². The van der Waals surface area contributed by atoms with Gasteiger partial charge in [0.25, 0.3) is 0 Å². The highest BCUT2D eigenvalue weighted by atomic mass is 32.1. The van der Waals surface area contributed by atoms with Crippen molar-refractivity contribution in [3.63, 3.8) is 0 Å². The highest BCUT2D eigenvalue weighted by Gasteiger charge is 2.26. The van der Waals surface area contributed by atoms with Gasteiger partial charge in [0.05, 0.1) is 11.0 Å². The molecule has 9 rings (SSSR count). The molecule has 0 N–H and O–H groups in total. The van der Waals surface area contributed by atoms with Crippen molar-refractivity contribution in [1.82, 2.24) is 9.97 Å². The van der Waals surface area contributed by atoms with Crippen molar-refractivity contribution in [3.8, 4) is 55.6 Å². The Kier molecular flexibility index (Phi) is 4.80. The lowest BCUT2D eigenvalue weighted by Gasteiger charge is -2.25. The molecule has 2 heterocycles. The van der Waals surface area contributed by atoms with Crippen molar-refractivity contribution in [1.29, 1.82) is 0 Å². The molecule has 0 spiro atoms. The third-order valence-electron chi connectivity index (χ3n) is 8.37. The minimum Gasteiger partial charge on any atom is -0.253 e. The largest absolute Gasteiger partial charge is 0.253 e. The Morgan fingerprint density at radius 1 is 0.390 bits per heavy atom. The molecule has 41 heavy (non-hydrogen) atoms. The monoisotopic (exact) mass is 538 g/mol. The summed E-state index contributed by atoms with van der Waals surface area (Å²) in [6.07, 6.45) is 3.59. The predicted octanol–water partition coefficient (Wildman–Crippen LogP) is 10.6. The third kappa shape index (κ3) is 3.24. The van der Waals surface area contributed by atoms with Gasteiger partial charge >= 0.3 is 0 Å². The molecule has 1 aliphatic carbocycles. The molecule has 0 atom stereocenters. The molecule has 8 aromatic rings. The lowest BCUT2D eigenvalue weighted by atomic mass is 9.78. The molecule has 6 aromatic carbocycles. The van der Waals surface area contributed by atoms with E-state index in [0.717, 1.165) is 16.6 Å². The van der Waals surface area contributed by atoms with Crippen molar-refractivity contribution in [2.45, 2.75) is 0 Å². The zero-order chi connectivity index (χ0) is 26.9. The number of benzene rings is 6. The predicted molar refractivity (Wildman–Crippen MR) is 173 cm³/mol. The Morgan fingerprint density at radius 2 is 0.976 bits per heavy atom. The Bertz CT molecular complexity index is 2330. The van der Waals surface area contributed by atoms with Gasteiger partial charge in [0, 0.05) is 43.7 Å². The van der Waals surface area contributed by atoms with E-state index >= 15 is 0 Å². The number of hydrogen-bond acceptors (Lipinski definition) is 3. The summed E-state index contributed by atoms with van der Waals surface area (Å²) in [7, 11) is 0. The van der Waals surface area contributed by atoms with E-state index in [0.29, 0.717) is 0 Å². The van der Waals surface area contributed by atoms with Crippen molar-refractivity contribution in [2.75, 3.05) is 0 Å². The quantitative estimate of drug-likeness (QED) is 0.208. The summed E-state index contributed by atoms with van der Waals surface area (Å²) in [6.45, 7) is 0. The molecule has 3 heteroatoms. The summed E-state index contributed by atoms with van der Waals surface area (Å²) in [5, 5.41) is 2.62. The molecular formula is C38H22N2S. The molecule has 190 valence electrons. The van der Waals surface area contributed by atoms with Crippen LogP contribution in [-0.2, 0) is 0 Å². The van der Waals surface area contributed by atoms with Gasteiger partial charge in [0.1, 0.15) is 0 Å². The zero-order valence-corrected chi connectivity index (χ0v) is 22.8. The summed E-state index contributed by atoms with van der Waals surface area (Å²) in [6, 6.07) is 44.2. The first-order chi connectivity index (χ1) is 20.4. The first-order valence-corrected chi connectivity index (χ1v) is 14.7. The number of thiophene rings is 1. The molecule has 0 amide bonds.